The van der Waals surface area contributed by atoms with Crippen LogP contribution < -0.4 is 16.2 Å². The highest BCUT2D eigenvalue weighted by Gasteiger charge is 2.46. The Morgan fingerprint density at radius 1 is 1.23 bits per heavy atom. The third-order valence-corrected chi connectivity index (χ3v) is 8.29. The standard InChI is InChI=1S/C28H27FN4O7/c1-3-28(39)16-8-20-23-14(10-33(20)26(37)15(16)11-40-27(28)38)22-18(32-25(36)24(35)30-6-7-34)5-4-13-12(2)17(29)9-19(31-23)21(13)22/h8-9,18,34,39H,3-7,10-11H2,1-2H3,(H,30,35)(H,32,36)/t18-,28-/m0/s1. The molecule has 0 unspecified atom stereocenters. The average molecular weight is 551 g/mol. The highest BCUT2D eigenvalue weighted by atomic mass is 19.1. The van der Waals surface area contributed by atoms with E-state index in [2.05, 4.69) is 10.6 Å². The average Bonchev–Trinajstić information content (AvgIpc) is 3.31. The van der Waals surface area contributed by atoms with Crippen molar-refractivity contribution >= 4 is 28.7 Å². The predicted molar refractivity (Wildman–Crippen MR) is 139 cm³/mol. The Labute approximate surface area is 227 Å². The zero-order chi connectivity index (χ0) is 28.5. The minimum atomic E-state index is -2.00. The van der Waals surface area contributed by atoms with Crippen molar-refractivity contribution in [3.05, 3.63) is 61.7 Å². The van der Waals surface area contributed by atoms with Crippen LogP contribution in [0.2, 0.25) is 0 Å². The van der Waals surface area contributed by atoms with Crippen LogP contribution in [0.4, 0.5) is 4.39 Å². The SMILES string of the molecule is CC[C@@]1(O)C(=O)OCc2c1cc1n(c2=O)Cc2c-1nc1cc(F)c(C)c3c1c2[C@@H](NC(=O)C(=O)NCCO)CC3. The molecule has 12 heteroatoms. The number of benzene rings is 1. The molecule has 2 atom stereocenters. The van der Waals surface area contributed by atoms with Crippen LogP contribution in [-0.2, 0) is 44.3 Å². The number of rotatable bonds is 4. The molecule has 208 valence electrons. The lowest BCUT2D eigenvalue weighted by Gasteiger charge is -2.31. The molecule has 0 radical (unpaired) electrons. The van der Waals surface area contributed by atoms with Crippen molar-refractivity contribution in [2.24, 2.45) is 0 Å². The van der Waals surface area contributed by atoms with E-state index in [4.69, 9.17) is 14.8 Å². The number of amides is 2. The van der Waals surface area contributed by atoms with E-state index in [0.29, 0.717) is 51.8 Å². The van der Waals surface area contributed by atoms with Gasteiger partial charge in [-0.2, -0.15) is 0 Å². The monoisotopic (exact) mass is 550 g/mol. The van der Waals surface area contributed by atoms with Crippen LogP contribution in [0, 0.1) is 12.7 Å². The molecular weight excluding hydrogens is 523 g/mol. The van der Waals surface area contributed by atoms with Crippen molar-refractivity contribution in [2.75, 3.05) is 13.2 Å². The summed E-state index contributed by atoms with van der Waals surface area (Å²) >= 11 is 0. The third kappa shape index (κ3) is 3.59. The number of hydrogen-bond donors (Lipinski definition) is 4. The summed E-state index contributed by atoms with van der Waals surface area (Å²) in [6.07, 6.45) is 0.799. The molecule has 0 spiro atoms. The fourth-order valence-electron chi connectivity index (χ4n) is 6.17. The van der Waals surface area contributed by atoms with Crippen LogP contribution in [0.1, 0.15) is 59.2 Å². The number of pyridine rings is 2. The Bertz CT molecular complexity index is 1720. The van der Waals surface area contributed by atoms with E-state index in [1.165, 1.54) is 10.6 Å². The van der Waals surface area contributed by atoms with E-state index in [-0.39, 0.29) is 43.9 Å². The van der Waals surface area contributed by atoms with Gasteiger partial charge in [0, 0.05) is 29.1 Å². The molecule has 4 heterocycles. The van der Waals surface area contributed by atoms with Gasteiger partial charge in [-0.25, -0.2) is 14.2 Å². The summed E-state index contributed by atoms with van der Waals surface area (Å²) in [6, 6.07) is 2.25. The summed E-state index contributed by atoms with van der Waals surface area (Å²) in [4.78, 5) is 55.9. The molecule has 1 aromatic carbocycles. The molecule has 2 amide bonds. The van der Waals surface area contributed by atoms with Crippen molar-refractivity contribution in [3.8, 4) is 11.4 Å². The number of halogens is 1. The van der Waals surface area contributed by atoms with Gasteiger partial charge in [0.1, 0.15) is 12.4 Å². The predicted octanol–water partition coefficient (Wildman–Crippen LogP) is 0.739. The van der Waals surface area contributed by atoms with E-state index < -0.39 is 40.8 Å². The topological polar surface area (TPSA) is 160 Å². The minimum absolute atomic E-state index is 0.00865. The van der Waals surface area contributed by atoms with Crippen molar-refractivity contribution in [1.29, 1.82) is 0 Å². The lowest BCUT2D eigenvalue weighted by atomic mass is 9.81. The van der Waals surface area contributed by atoms with Crippen molar-refractivity contribution in [3.63, 3.8) is 0 Å². The fourth-order valence-corrected chi connectivity index (χ4v) is 6.17. The van der Waals surface area contributed by atoms with E-state index in [1.807, 2.05) is 0 Å². The second kappa shape index (κ2) is 9.20. The van der Waals surface area contributed by atoms with E-state index in [9.17, 15) is 28.7 Å². The Kier molecular flexibility index (Phi) is 6.00. The van der Waals surface area contributed by atoms with Gasteiger partial charge in [0.2, 0.25) is 0 Å². The van der Waals surface area contributed by atoms with Crippen LogP contribution in [0.25, 0.3) is 22.3 Å². The van der Waals surface area contributed by atoms with Crippen molar-refractivity contribution < 1.29 is 33.7 Å². The maximum absolute atomic E-state index is 15.0. The number of ether oxygens (including phenoxy) is 1. The molecule has 2 aliphatic heterocycles. The number of aliphatic hydroxyl groups excluding tert-OH is 1. The summed E-state index contributed by atoms with van der Waals surface area (Å²) in [5.74, 6) is -3.05. The van der Waals surface area contributed by atoms with Crippen LogP contribution in [0.15, 0.2) is 16.9 Å². The van der Waals surface area contributed by atoms with Crippen molar-refractivity contribution in [2.45, 2.75) is 57.9 Å². The maximum Gasteiger partial charge on any atom is 0.343 e. The number of aliphatic hydroxyl groups is 2. The molecule has 0 fully saturated rings. The molecule has 3 aromatic rings. The quantitative estimate of drug-likeness (QED) is 0.214. The van der Waals surface area contributed by atoms with E-state index >= 15 is 0 Å². The minimum Gasteiger partial charge on any atom is -0.458 e. The van der Waals surface area contributed by atoms with Crippen LogP contribution >= 0.6 is 0 Å². The zero-order valence-corrected chi connectivity index (χ0v) is 21.9. The van der Waals surface area contributed by atoms with Gasteiger partial charge in [0.15, 0.2) is 5.60 Å². The lowest BCUT2D eigenvalue weighted by molar-refractivity contribution is -0.172. The largest absolute Gasteiger partial charge is 0.458 e. The lowest BCUT2D eigenvalue weighted by Crippen LogP contribution is -2.44. The zero-order valence-electron chi connectivity index (χ0n) is 21.9. The second-order valence-electron chi connectivity index (χ2n) is 10.4. The van der Waals surface area contributed by atoms with Gasteiger partial charge >= 0.3 is 17.8 Å². The Morgan fingerprint density at radius 2 is 2.00 bits per heavy atom. The van der Waals surface area contributed by atoms with E-state index in [0.717, 1.165) is 5.56 Å². The highest BCUT2D eigenvalue weighted by Crippen LogP contribution is 2.45. The number of nitrogens with zero attached hydrogens (tertiary/aromatic N) is 2. The van der Waals surface area contributed by atoms with Gasteiger partial charge < -0.3 is 30.2 Å². The van der Waals surface area contributed by atoms with Crippen molar-refractivity contribution in [1.82, 2.24) is 20.2 Å². The Morgan fingerprint density at radius 3 is 2.73 bits per heavy atom. The van der Waals surface area contributed by atoms with Gasteiger partial charge in [-0.1, -0.05) is 6.92 Å². The highest BCUT2D eigenvalue weighted by molar-refractivity contribution is 6.35. The van der Waals surface area contributed by atoms with Crippen LogP contribution in [0.5, 0.6) is 0 Å². The van der Waals surface area contributed by atoms with Gasteiger partial charge in [0.05, 0.1) is 41.7 Å². The molecule has 4 N–H and O–H groups in total. The molecule has 1 aliphatic carbocycles. The summed E-state index contributed by atoms with van der Waals surface area (Å²) in [5, 5.41) is 25.9. The molecular formula is C28H27FN4O7. The number of aromatic nitrogens is 2. The summed E-state index contributed by atoms with van der Waals surface area (Å²) in [7, 11) is 0. The first-order chi connectivity index (χ1) is 19.1. The number of hydrogen-bond acceptors (Lipinski definition) is 8. The molecule has 6 rings (SSSR count). The fraction of sp³-hybridized carbons (Fsp3) is 0.393. The molecule has 2 aromatic heterocycles. The number of nitrogens with one attached hydrogen (secondary N) is 2. The molecule has 3 aliphatic rings. The first-order valence-corrected chi connectivity index (χ1v) is 13.1. The number of aryl methyl sites for hydroxylation is 1. The third-order valence-electron chi connectivity index (χ3n) is 8.29. The molecule has 0 saturated heterocycles. The molecule has 0 bridgehead atoms. The summed E-state index contributed by atoms with van der Waals surface area (Å²) < 4.78 is 21.6. The normalized spacial score (nSPS) is 20.4. The van der Waals surface area contributed by atoms with E-state index in [1.54, 1.807) is 19.9 Å². The van der Waals surface area contributed by atoms with Gasteiger partial charge in [-0.3, -0.25) is 14.4 Å². The number of cyclic esters (lactones) is 1. The summed E-state index contributed by atoms with van der Waals surface area (Å²) in [5.41, 5.74) is 1.45. The first kappa shape index (κ1) is 26.1. The number of carbonyl (C=O) groups excluding carboxylic acids is 3. The summed E-state index contributed by atoms with van der Waals surface area (Å²) in [6.45, 7) is 2.71. The van der Waals surface area contributed by atoms with Crippen LogP contribution in [-0.4, -0.2) is 50.7 Å². The van der Waals surface area contributed by atoms with Crippen LogP contribution in [0.3, 0.4) is 0 Å². The first-order valence-electron chi connectivity index (χ1n) is 13.1. The number of fused-ring (bicyclic) bond motifs is 5. The van der Waals surface area contributed by atoms with Gasteiger partial charge in [-0.15, -0.1) is 0 Å². The smallest absolute Gasteiger partial charge is 0.343 e. The van der Waals surface area contributed by atoms with Gasteiger partial charge in [0.25, 0.3) is 5.56 Å². The number of carbonyl (C=O) groups is 3. The second-order valence-corrected chi connectivity index (χ2v) is 10.4. The Hall–Kier alpha value is -4.16. The molecule has 40 heavy (non-hydrogen) atoms. The molecule has 11 nitrogen and oxygen atoms in total. The number of esters is 1. The molecule has 0 saturated carbocycles. The Balaban J connectivity index is 1.57. The van der Waals surface area contributed by atoms with Gasteiger partial charge in [-0.05, 0) is 48.9 Å². The maximum atomic E-state index is 15.0.